The predicted molar refractivity (Wildman–Crippen MR) is 69.2 cm³/mol. The molecule has 94 valence electrons. The highest BCUT2D eigenvalue weighted by Crippen LogP contribution is 2.05. The summed E-state index contributed by atoms with van der Waals surface area (Å²) in [7, 11) is 0. The number of nitrogens with zero attached hydrogens (tertiary/aromatic N) is 3. The van der Waals surface area contributed by atoms with Crippen LogP contribution < -0.4 is 0 Å². The molecule has 2 aromatic rings. The van der Waals surface area contributed by atoms with Gasteiger partial charge in [0.15, 0.2) is 0 Å². The average Bonchev–Trinajstić information content (AvgIpc) is 2.85. The number of carbonyl (C=O) groups excluding carboxylic acids is 1. The first kappa shape index (κ1) is 12.5. The highest BCUT2D eigenvalue weighted by atomic mass is 16.1. The molecule has 0 radical (unpaired) electrons. The third-order valence-corrected chi connectivity index (χ3v) is 2.89. The number of aromatic nitrogens is 3. The van der Waals surface area contributed by atoms with E-state index in [-0.39, 0.29) is 5.78 Å². The summed E-state index contributed by atoms with van der Waals surface area (Å²) in [6.07, 6.45) is 3.23. The lowest BCUT2D eigenvalue weighted by Gasteiger charge is -2.03. The Balaban J connectivity index is 1.86. The topological polar surface area (TPSA) is 47.8 Å². The first-order chi connectivity index (χ1) is 8.79. The Kier molecular flexibility index (Phi) is 4.23. The van der Waals surface area contributed by atoms with E-state index in [4.69, 9.17) is 0 Å². The molecule has 1 heterocycles. The van der Waals surface area contributed by atoms with Crippen LogP contribution in [0, 0.1) is 0 Å². The summed E-state index contributed by atoms with van der Waals surface area (Å²) in [5, 5.41) is 4.06. The van der Waals surface area contributed by atoms with Crippen molar-refractivity contribution in [3.63, 3.8) is 0 Å². The molecule has 4 nitrogen and oxygen atoms in total. The Bertz CT molecular complexity index is 505. The van der Waals surface area contributed by atoms with E-state index in [1.807, 2.05) is 37.3 Å². The van der Waals surface area contributed by atoms with Crippen LogP contribution in [-0.4, -0.2) is 20.5 Å². The van der Waals surface area contributed by atoms with Crippen molar-refractivity contribution in [2.24, 2.45) is 0 Å². The Labute approximate surface area is 107 Å². The van der Waals surface area contributed by atoms with Crippen molar-refractivity contribution >= 4 is 5.78 Å². The maximum atomic E-state index is 11.9. The van der Waals surface area contributed by atoms with Crippen LogP contribution in [0.2, 0.25) is 0 Å². The summed E-state index contributed by atoms with van der Waals surface area (Å²) < 4.78 is 1.76. The Morgan fingerprint density at radius 3 is 2.78 bits per heavy atom. The molecule has 0 fully saturated rings. The third kappa shape index (κ3) is 3.26. The fraction of sp³-hybridized carbons (Fsp3) is 0.357. The zero-order chi connectivity index (χ0) is 12.8. The molecule has 0 aliphatic carbocycles. The second-order valence-corrected chi connectivity index (χ2v) is 4.19. The molecule has 18 heavy (non-hydrogen) atoms. The van der Waals surface area contributed by atoms with Gasteiger partial charge in [-0.3, -0.25) is 4.79 Å². The smallest absolute Gasteiger partial charge is 0.140 e. The summed E-state index contributed by atoms with van der Waals surface area (Å²) in [5.74, 6) is 0.970. The molecule has 0 saturated heterocycles. The SMILES string of the molecule is CCn1ncnc1CC(=O)CCc1ccccc1. The van der Waals surface area contributed by atoms with Crippen molar-refractivity contribution in [3.05, 3.63) is 48.0 Å². The van der Waals surface area contributed by atoms with Crippen LogP contribution in [0.3, 0.4) is 0 Å². The first-order valence-corrected chi connectivity index (χ1v) is 6.22. The molecule has 0 amide bonds. The summed E-state index contributed by atoms with van der Waals surface area (Å²) in [6.45, 7) is 2.74. The van der Waals surface area contributed by atoms with Gasteiger partial charge in [0.05, 0.1) is 6.42 Å². The van der Waals surface area contributed by atoms with Gasteiger partial charge in [-0.1, -0.05) is 30.3 Å². The van der Waals surface area contributed by atoms with E-state index in [1.165, 1.54) is 11.9 Å². The molecule has 0 atom stereocenters. The molecule has 1 aromatic heterocycles. The molecule has 4 heteroatoms. The highest BCUT2D eigenvalue weighted by Gasteiger charge is 2.09. The minimum absolute atomic E-state index is 0.210. The van der Waals surface area contributed by atoms with E-state index >= 15 is 0 Å². The summed E-state index contributed by atoms with van der Waals surface area (Å²) in [5.41, 5.74) is 1.20. The first-order valence-electron chi connectivity index (χ1n) is 6.22. The van der Waals surface area contributed by atoms with E-state index in [0.717, 1.165) is 18.8 Å². The van der Waals surface area contributed by atoms with Crippen molar-refractivity contribution in [2.75, 3.05) is 0 Å². The summed E-state index contributed by atoms with van der Waals surface area (Å²) >= 11 is 0. The van der Waals surface area contributed by atoms with Gasteiger partial charge in [-0.25, -0.2) is 9.67 Å². The number of hydrogen-bond acceptors (Lipinski definition) is 3. The van der Waals surface area contributed by atoms with E-state index in [9.17, 15) is 4.79 Å². The van der Waals surface area contributed by atoms with Gasteiger partial charge in [-0.2, -0.15) is 5.10 Å². The molecular weight excluding hydrogens is 226 g/mol. The zero-order valence-electron chi connectivity index (χ0n) is 10.5. The lowest BCUT2D eigenvalue weighted by Crippen LogP contribution is -2.11. The van der Waals surface area contributed by atoms with Gasteiger partial charge >= 0.3 is 0 Å². The lowest BCUT2D eigenvalue weighted by atomic mass is 10.1. The number of benzene rings is 1. The van der Waals surface area contributed by atoms with Crippen molar-refractivity contribution < 1.29 is 4.79 Å². The molecule has 1 aromatic carbocycles. The van der Waals surface area contributed by atoms with Gasteiger partial charge < -0.3 is 0 Å². The van der Waals surface area contributed by atoms with Gasteiger partial charge in [0.25, 0.3) is 0 Å². The summed E-state index contributed by atoms with van der Waals surface area (Å²) in [4.78, 5) is 16.0. The molecule has 0 saturated carbocycles. The fourth-order valence-electron chi connectivity index (χ4n) is 1.88. The monoisotopic (exact) mass is 243 g/mol. The highest BCUT2D eigenvalue weighted by molar-refractivity contribution is 5.80. The van der Waals surface area contributed by atoms with E-state index < -0.39 is 0 Å². The average molecular weight is 243 g/mol. The lowest BCUT2D eigenvalue weighted by molar-refractivity contribution is -0.118. The van der Waals surface area contributed by atoms with Gasteiger partial charge in [0.2, 0.25) is 0 Å². The molecule has 0 aliphatic heterocycles. The Hall–Kier alpha value is -1.97. The van der Waals surface area contributed by atoms with Gasteiger partial charge in [-0.15, -0.1) is 0 Å². The Morgan fingerprint density at radius 2 is 2.06 bits per heavy atom. The minimum Gasteiger partial charge on any atom is -0.299 e. The van der Waals surface area contributed by atoms with E-state index in [2.05, 4.69) is 10.1 Å². The van der Waals surface area contributed by atoms with Crippen molar-refractivity contribution in [1.29, 1.82) is 0 Å². The van der Waals surface area contributed by atoms with Crippen LogP contribution in [0.5, 0.6) is 0 Å². The largest absolute Gasteiger partial charge is 0.299 e. The summed E-state index contributed by atoms with van der Waals surface area (Å²) in [6, 6.07) is 10.1. The van der Waals surface area contributed by atoms with E-state index in [1.54, 1.807) is 4.68 Å². The number of ketones is 1. The minimum atomic E-state index is 0.210. The quantitative estimate of drug-likeness (QED) is 0.780. The van der Waals surface area contributed by atoms with Crippen molar-refractivity contribution in [1.82, 2.24) is 14.8 Å². The van der Waals surface area contributed by atoms with Crippen LogP contribution in [0.4, 0.5) is 0 Å². The number of aryl methyl sites for hydroxylation is 2. The predicted octanol–water partition coefficient (Wildman–Crippen LogP) is 2.04. The van der Waals surface area contributed by atoms with Gasteiger partial charge in [0, 0.05) is 13.0 Å². The second-order valence-electron chi connectivity index (χ2n) is 4.19. The number of hydrogen-bond donors (Lipinski definition) is 0. The zero-order valence-corrected chi connectivity index (χ0v) is 10.5. The van der Waals surface area contributed by atoms with Crippen LogP contribution in [-0.2, 0) is 24.2 Å². The van der Waals surface area contributed by atoms with E-state index in [0.29, 0.717) is 12.8 Å². The van der Waals surface area contributed by atoms with Gasteiger partial charge in [0.1, 0.15) is 17.9 Å². The van der Waals surface area contributed by atoms with Crippen LogP contribution in [0.15, 0.2) is 36.7 Å². The number of Topliss-reactive ketones (excluding diaryl/α,β-unsaturated/α-hetero) is 1. The molecule has 0 spiro atoms. The van der Waals surface area contributed by atoms with Crippen molar-refractivity contribution in [3.8, 4) is 0 Å². The number of carbonyl (C=O) groups is 1. The number of rotatable bonds is 6. The molecular formula is C14H17N3O. The second kappa shape index (κ2) is 6.10. The van der Waals surface area contributed by atoms with Crippen LogP contribution in [0.1, 0.15) is 24.7 Å². The fourth-order valence-corrected chi connectivity index (χ4v) is 1.88. The molecule has 0 unspecified atom stereocenters. The van der Waals surface area contributed by atoms with Gasteiger partial charge in [-0.05, 0) is 18.9 Å². The molecule has 0 bridgehead atoms. The maximum Gasteiger partial charge on any atom is 0.140 e. The van der Waals surface area contributed by atoms with Crippen LogP contribution >= 0.6 is 0 Å². The van der Waals surface area contributed by atoms with Crippen molar-refractivity contribution in [2.45, 2.75) is 32.7 Å². The Morgan fingerprint density at radius 1 is 1.28 bits per heavy atom. The maximum absolute atomic E-state index is 11.9. The molecule has 0 aliphatic rings. The van der Waals surface area contributed by atoms with Crippen LogP contribution in [0.25, 0.3) is 0 Å². The molecule has 0 N–H and O–H groups in total. The normalized spacial score (nSPS) is 10.5. The third-order valence-electron chi connectivity index (χ3n) is 2.89. The standard InChI is InChI=1S/C14H17N3O/c1-2-17-14(15-11-16-17)10-13(18)9-8-12-6-4-3-5-7-12/h3-7,11H,2,8-10H2,1H3. The molecule has 2 rings (SSSR count).